The second-order valence-electron chi connectivity index (χ2n) is 6.29. The van der Waals surface area contributed by atoms with Crippen LogP contribution in [0, 0.1) is 11.6 Å². The van der Waals surface area contributed by atoms with E-state index >= 15 is 0 Å². The Morgan fingerprint density at radius 1 is 1.14 bits per heavy atom. The van der Waals surface area contributed by atoms with Gasteiger partial charge in [-0.25, -0.2) is 18.7 Å². The first-order chi connectivity index (χ1) is 14.0. The van der Waals surface area contributed by atoms with Crippen LogP contribution in [0.25, 0.3) is 11.5 Å². The number of halogens is 2. The minimum atomic E-state index is -0.905. The van der Waals surface area contributed by atoms with Crippen molar-refractivity contribution >= 4 is 23.3 Å². The minimum Gasteiger partial charge on any atom is -0.419 e. The molecular formula is C19H17F2N5O3. The number of oxazole rings is 1. The van der Waals surface area contributed by atoms with Gasteiger partial charge in [0.1, 0.15) is 23.0 Å². The molecule has 1 aliphatic heterocycles. The molecule has 3 heterocycles. The molecule has 0 radical (unpaired) electrons. The maximum absolute atomic E-state index is 14.0. The summed E-state index contributed by atoms with van der Waals surface area (Å²) >= 11 is 0. The van der Waals surface area contributed by atoms with Crippen LogP contribution in [0.3, 0.4) is 0 Å². The topological polar surface area (TPSA) is 107 Å². The molecule has 29 heavy (non-hydrogen) atoms. The van der Waals surface area contributed by atoms with E-state index in [1.54, 1.807) is 18.3 Å². The highest BCUT2D eigenvalue weighted by Gasteiger charge is 2.23. The molecule has 0 spiro atoms. The molecule has 8 nitrogen and oxygen atoms in total. The molecule has 1 saturated heterocycles. The summed E-state index contributed by atoms with van der Waals surface area (Å²) in [6, 6.07) is 6.87. The van der Waals surface area contributed by atoms with E-state index < -0.39 is 29.0 Å². The van der Waals surface area contributed by atoms with Gasteiger partial charge in [0, 0.05) is 13.1 Å². The van der Waals surface area contributed by atoms with Crippen LogP contribution in [0.4, 0.5) is 26.2 Å². The van der Waals surface area contributed by atoms with Gasteiger partial charge in [-0.3, -0.25) is 4.79 Å². The molecule has 2 aromatic heterocycles. The van der Waals surface area contributed by atoms with E-state index in [0.29, 0.717) is 18.9 Å². The second-order valence-corrected chi connectivity index (χ2v) is 6.29. The number of nitrogens with two attached hydrogens (primary N) is 1. The predicted molar refractivity (Wildman–Crippen MR) is 101 cm³/mol. The van der Waals surface area contributed by atoms with E-state index in [-0.39, 0.29) is 11.6 Å². The minimum absolute atomic E-state index is 0.129. The highest BCUT2D eigenvalue weighted by Crippen LogP contribution is 2.31. The van der Waals surface area contributed by atoms with E-state index in [0.717, 1.165) is 31.0 Å². The zero-order chi connectivity index (χ0) is 20.4. The highest BCUT2D eigenvalue weighted by molar-refractivity contribution is 5.96. The Labute approximate surface area is 164 Å². The van der Waals surface area contributed by atoms with Crippen molar-refractivity contribution in [1.29, 1.82) is 0 Å². The van der Waals surface area contributed by atoms with E-state index in [1.807, 2.05) is 0 Å². The van der Waals surface area contributed by atoms with Crippen molar-refractivity contribution in [3.63, 3.8) is 0 Å². The molecule has 0 aliphatic carbocycles. The molecule has 3 N–H and O–H groups in total. The van der Waals surface area contributed by atoms with Crippen LogP contribution < -0.4 is 16.0 Å². The SMILES string of the molecule is NC(=O)c1nc(-c2c(F)cccc2F)oc1Nc1ccc(N2CCOCC2)nc1. The fourth-order valence-corrected chi connectivity index (χ4v) is 2.95. The number of nitrogens with zero attached hydrogens (tertiary/aromatic N) is 3. The Balaban J connectivity index is 1.61. The van der Waals surface area contributed by atoms with Crippen molar-refractivity contribution < 1.29 is 22.7 Å². The van der Waals surface area contributed by atoms with Crippen molar-refractivity contribution in [1.82, 2.24) is 9.97 Å². The van der Waals surface area contributed by atoms with E-state index in [1.165, 1.54) is 6.07 Å². The maximum atomic E-state index is 14.0. The highest BCUT2D eigenvalue weighted by atomic mass is 19.1. The quantitative estimate of drug-likeness (QED) is 0.677. The van der Waals surface area contributed by atoms with Gasteiger partial charge in [-0.1, -0.05) is 6.07 Å². The number of benzene rings is 1. The first-order valence-corrected chi connectivity index (χ1v) is 8.83. The van der Waals surface area contributed by atoms with E-state index in [2.05, 4.69) is 20.2 Å². The van der Waals surface area contributed by atoms with Gasteiger partial charge >= 0.3 is 0 Å². The Hall–Kier alpha value is -3.53. The summed E-state index contributed by atoms with van der Waals surface area (Å²) < 4.78 is 38.8. The van der Waals surface area contributed by atoms with Gasteiger partial charge < -0.3 is 25.1 Å². The average Bonchev–Trinajstić information content (AvgIpc) is 3.13. The summed E-state index contributed by atoms with van der Waals surface area (Å²) in [6.07, 6.45) is 1.54. The number of rotatable bonds is 5. The number of anilines is 3. The van der Waals surface area contributed by atoms with Gasteiger partial charge in [0.15, 0.2) is 5.69 Å². The molecule has 1 aliphatic rings. The molecule has 1 amide bonds. The summed E-state index contributed by atoms with van der Waals surface area (Å²) in [7, 11) is 0. The van der Waals surface area contributed by atoms with Gasteiger partial charge in [-0.05, 0) is 24.3 Å². The standard InChI is InChI=1S/C19H17F2N5O3/c20-12-2-1-3-13(21)15(12)18-25-16(17(22)27)19(29-18)24-11-4-5-14(23-10-11)26-6-8-28-9-7-26/h1-5,10,24H,6-9H2,(H2,22,27). The van der Waals surface area contributed by atoms with Gasteiger partial charge in [-0.15, -0.1) is 0 Å². The molecule has 150 valence electrons. The third-order valence-corrected chi connectivity index (χ3v) is 4.38. The van der Waals surface area contributed by atoms with Crippen molar-refractivity contribution in [2.45, 2.75) is 0 Å². The molecule has 0 bridgehead atoms. The summed E-state index contributed by atoms with van der Waals surface area (Å²) in [6.45, 7) is 2.75. The number of carbonyl (C=O) groups excluding carboxylic acids is 1. The van der Waals surface area contributed by atoms with Crippen LogP contribution in [0.2, 0.25) is 0 Å². The summed E-state index contributed by atoms with van der Waals surface area (Å²) in [5, 5.41) is 2.83. The zero-order valence-corrected chi connectivity index (χ0v) is 15.2. The number of nitrogens with one attached hydrogen (secondary N) is 1. The molecule has 1 fully saturated rings. The first-order valence-electron chi connectivity index (χ1n) is 8.83. The van der Waals surface area contributed by atoms with Crippen LogP contribution >= 0.6 is 0 Å². The van der Waals surface area contributed by atoms with Crippen molar-refractivity contribution in [3.05, 3.63) is 53.9 Å². The van der Waals surface area contributed by atoms with Gasteiger partial charge in [0.2, 0.25) is 11.8 Å². The van der Waals surface area contributed by atoms with Crippen LogP contribution in [0.15, 0.2) is 40.9 Å². The summed E-state index contributed by atoms with van der Waals surface area (Å²) in [5.74, 6) is -2.39. The number of hydrogen-bond acceptors (Lipinski definition) is 7. The molecule has 10 heteroatoms. The number of amides is 1. The van der Waals surface area contributed by atoms with E-state index in [4.69, 9.17) is 14.9 Å². The van der Waals surface area contributed by atoms with Crippen molar-refractivity contribution in [2.24, 2.45) is 5.73 Å². The van der Waals surface area contributed by atoms with Crippen LogP contribution in [0.1, 0.15) is 10.5 Å². The van der Waals surface area contributed by atoms with Crippen LogP contribution in [-0.4, -0.2) is 42.2 Å². The van der Waals surface area contributed by atoms with Gasteiger partial charge in [0.25, 0.3) is 5.91 Å². The Morgan fingerprint density at radius 3 is 2.48 bits per heavy atom. The lowest BCUT2D eigenvalue weighted by Crippen LogP contribution is -2.36. The van der Waals surface area contributed by atoms with E-state index in [9.17, 15) is 13.6 Å². The normalized spacial score (nSPS) is 14.1. The molecule has 4 rings (SSSR count). The molecule has 0 unspecified atom stereocenters. The third-order valence-electron chi connectivity index (χ3n) is 4.38. The molecule has 3 aromatic rings. The first kappa shape index (κ1) is 18.8. The van der Waals surface area contributed by atoms with Crippen LogP contribution in [-0.2, 0) is 4.74 Å². The number of pyridine rings is 1. The lowest BCUT2D eigenvalue weighted by Gasteiger charge is -2.27. The Morgan fingerprint density at radius 2 is 1.86 bits per heavy atom. The Kier molecular flexibility index (Phi) is 5.09. The van der Waals surface area contributed by atoms with Crippen LogP contribution in [0.5, 0.6) is 0 Å². The number of morpholine rings is 1. The number of primary amides is 1. The summed E-state index contributed by atoms with van der Waals surface area (Å²) in [5.41, 5.74) is 5.06. The molecule has 1 aromatic carbocycles. The largest absolute Gasteiger partial charge is 0.419 e. The third kappa shape index (κ3) is 3.87. The molecule has 0 atom stereocenters. The fourth-order valence-electron chi connectivity index (χ4n) is 2.95. The Bertz CT molecular complexity index is 1010. The van der Waals surface area contributed by atoms with Gasteiger partial charge in [0.05, 0.1) is 25.1 Å². The second kappa shape index (κ2) is 7.84. The lowest BCUT2D eigenvalue weighted by molar-refractivity contribution is 0.0996. The summed E-state index contributed by atoms with van der Waals surface area (Å²) in [4.78, 5) is 22.0. The lowest BCUT2D eigenvalue weighted by atomic mass is 10.2. The fraction of sp³-hybridized carbons (Fsp3) is 0.211. The number of ether oxygens (including phenoxy) is 1. The predicted octanol–water partition coefficient (Wildman–Crippen LogP) is 2.69. The van der Waals surface area contributed by atoms with Crippen molar-refractivity contribution in [3.8, 4) is 11.5 Å². The maximum Gasteiger partial charge on any atom is 0.273 e. The monoisotopic (exact) mass is 401 g/mol. The van der Waals surface area contributed by atoms with Crippen molar-refractivity contribution in [2.75, 3.05) is 36.5 Å². The smallest absolute Gasteiger partial charge is 0.273 e. The number of carbonyl (C=O) groups is 1. The number of hydrogen-bond donors (Lipinski definition) is 2. The number of aromatic nitrogens is 2. The zero-order valence-electron chi connectivity index (χ0n) is 15.2. The molecule has 0 saturated carbocycles. The van der Waals surface area contributed by atoms with Gasteiger partial charge in [-0.2, -0.15) is 0 Å². The average molecular weight is 401 g/mol. The molecular weight excluding hydrogens is 384 g/mol.